The first-order chi connectivity index (χ1) is 14.1. The van der Waals surface area contributed by atoms with E-state index in [9.17, 15) is 4.79 Å². The number of ether oxygens (including phenoxy) is 2. The summed E-state index contributed by atoms with van der Waals surface area (Å²) >= 11 is 6.35. The Labute approximate surface area is 176 Å². The van der Waals surface area contributed by atoms with Gasteiger partial charge in [-0.15, -0.1) is 0 Å². The highest BCUT2D eigenvalue weighted by Gasteiger charge is 2.23. The molecule has 0 aliphatic carbocycles. The molecule has 7 heteroatoms. The summed E-state index contributed by atoms with van der Waals surface area (Å²) in [5.41, 5.74) is 1.91. The van der Waals surface area contributed by atoms with Crippen LogP contribution in [0.15, 0.2) is 42.5 Å². The van der Waals surface area contributed by atoms with Crippen LogP contribution < -0.4 is 14.8 Å². The van der Waals surface area contributed by atoms with Crippen LogP contribution in [0.3, 0.4) is 0 Å². The van der Waals surface area contributed by atoms with Crippen LogP contribution in [-0.2, 0) is 4.79 Å². The first-order valence-corrected chi connectivity index (χ1v) is 10.4. The molecular formula is C22H26ClN3O3. The van der Waals surface area contributed by atoms with Gasteiger partial charge in [-0.2, -0.15) is 0 Å². The number of carbonyl (C=O) groups is 1. The van der Waals surface area contributed by atoms with Gasteiger partial charge in [0.1, 0.15) is 0 Å². The highest BCUT2D eigenvalue weighted by Crippen LogP contribution is 2.34. The second kappa shape index (κ2) is 9.03. The summed E-state index contributed by atoms with van der Waals surface area (Å²) in [5, 5.41) is 3.76. The maximum absolute atomic E-state index is 12.3. The summed E-state index contributed by atoms with van der Waals surface area (Å²) in [7, 11) is 0. The third-order valence-corrected chi connectivity index (χ3v) is 5.97. The average Bonchev–Trinajstić information content (AvgIpc) is 3.20. The number of hydrogen-bond acceptors (Lipinski definition) is 5. The van der Waals surface area contributed by atoms with E-state index in [0.29, 0.717) is 24.0 Å². The molecule has 6 nitrogen and oxygen atoms in total. The number of rotatable bonds is 6. The van der Waals surface area contributed by atoms with Crippen LogP contribution in [-0.4, -0.2) is 55.2 Å². The highest BCUT2D eigenvalue weighted by molar-refractivity contribution is 6.31. The lowest BCUT2D eigenvalue weighted by Gasteiger charge is -2.38. The Balaban J connectivity index is 1.22. The maximum atomic E-state index is 12.3. The lowest BCUT2D eigenvalue weighted by Crippen LogP contribution is -2.47. The van der Waals surface area contributed by atoms with Gasteiger partial charge in [0.15, 0.2) is 11.5 Å². The fourth-order valence-corrected chi connectivity index (χ4v) is 4.14. The molecule has 1 atom stereocenters. The molecule has 29 heavy (non-hydrogen) atoms. The topological polar surface area (TPSA) is 54.0 Å². The number of nitrogens with one attached hydrogen (secondary N) is 1. The zero-order valence-electron chi connectivity index (χ0n) is 16.6. The van der Waals surface area contributed by atoms with Crippen molar-refractivity contribution in [1.82, 2.24) is 9.80 Å². The summed E-state index contributed by atoms with van der Waals surface area (Å²) in [4.78, 5) is 17.1. The quantitative estimate of drug-likeness (QED) is 0.778. The largest absolute Gasteiger partial charge is 0.454 e. The molecule has 1 amide bonds. The number of nitrogens with zero attached hydrogens (tertiary/aromatic N) is 2. The first kappa shape index (κ1) is 20.0. The molecule has 0 saturated carbocycles. The van der Waals surface area contributed by atoms with Crippen LogP contribution >= 0.6 is 11.6 Å². The van der Waals surface area contributed by atoms with E-state index in [-0.39, 0.29) is 12.7 Å². The van der Waals surface area contributed by atoms with Gasteiger partial charge < -0.3 is 19.7 Å². The van der Waals surface area contributed by atoms with E-state index in [1.54, 1.807) is 6.07 Å². The van der Waals surface area contributed by atoms with Gasteiger partial charge in [-0.25, -0.2) is 0 Å². The fourth-order valence-electron chi connectivity index (χ4n) is 3.84. The van der Waals surface area contributed by atoms with Gasteiger partial charge >= 0.3 is 0 Å². The number of benzene rings is 2. The zero-order valence-corrected chi connectivity index (χ0v) is 17.3. The van der Waals surface area contributed by atoms with Crippen LogP contribution in [0.5, 0.6) is 11.5 Å². The van der Waals surface area contributed by atoms with Crippen LogP contribution in [0.2, 0.25) is 5.02 Å². The van der Waals surface area contributed by atoms with Gasteiger partial charge in [-0.05, 0) is 30.7 Å². The Kier molecular flexibility index (Phi) is 6.23. The smallest absolute Gasteiger partial charge is 0.231 e. The van der Waals surface area contributed by atoms with E-state index in [4.69, 9.17) is 21.1 Å². The lowest BCUT2D eigenvalue weighted by atomic mass is 10.1. The number of hydrogen-bond donors (Lipinski definition) is 1. The van der Waals surface area contributed by atoms with Gasteiger partial charge in [0.05, 0.1) is 0 Å². The van der Waals surface area contributed by atoms with E-state index in [2.05, 4.69) is 28.1 Å². The lowest BCUT2D eigenvalue weighted by molar-refractivity contribution is -0.116. The van der Waals surface area contributed by atoms with E-state index < -0.39 is 0 Å². The van der Waals surface area contributed by atoms with E-state index in [1.807, 2.05) is 30.3 Å². The molecule has 0 aromatic heterocycles. The fraction of sp³-hybridized carbons (Fsp3) is 0.409. The summed E-state index contributed by atoms with van der Waals surface area (Å²) < 4.78 is 10.6. The highest BCUT2D eigenvalue weighted by atomic mass is 35.5. The SMILES string of the molecule is CC(c1ccccc1Cl)N1CCN(CCC(=O)Nc2ccc3c(c2)OCO3)CC1. The molecule has 154 valence electrons. The Bertz CT molecular complexity index is 868. The molecule has 4 rings (SSSR count). The van der Waals surface area contributed by atoms with Gasteiger partial charge in [0.25, 0.3) is 0 Å². The van der Waals surface area contributed by atoms with Crippen LogP contribution in [0.4, 0.5) is 5.69 Å². The number of amides is 1. The minimum Gasteiger partial charge on any atom is -0.454 e. The van der Waals surface area contributed by atoms with Gasteiger partial charge in [0.2, 0.25) is 12.7 Å². The van der Waals surface area contributed by atoms with Crippen molar-refractivity contribution in [3.8, 4) is 11.5 Å². The molecule has 1 unspecified atom stereocenters. The molecule has 2 aliphatic heterocycles. The predicted octanol–water partition coefficient (Wildman–Crippen LogP) is 3.78. The van der Waals surface area contributed by atoms with Crippen LogP contribution in [0.25, 0.3) is 0 Å². The van der Waals surface area contributed by atoms with Crippen molar-refractivity contribution < 1.29 is 14.3 Å². The van der Waals surface area contributed by atoms with E-state index >= 15 is 0 Å². The van der Waals surface area contributed by atoms with Crippen molar-refractivity contribution in [3.63, 3.8) is 0 Å². The molecule has 0 radical (unpaired) electrons. The molecule has 0 bridgehead atoms. The Morgan fingerprint density at radius 3 is 2.66 bits per heavy atom. The van der Waals surface area contributed by atoms with Crippen molar-refractivity contribution in [2.45, 2.75) is 19.4 Å². The van der Waals surface area contributed by atoms with Gasteiger partial charge in [0, 0.05) is 62.0 Å². The molecule has 2 aromatic rings. The summed E-state index contributed by atoms with van der Waals surface area (Å²) in [6.07, 6.45) is 0.467. The number of carbonyl (C=O) groups excluding carboxylic acids is 1. The molecule has 2 aliphatic rings. The Hall–Kier alpha value is -2.28. The Morgan fingerprint density at radius 1 is 1.10 bits per heavy atom. The summed E-state index contributed by atoms with van der Waals surface area (Å²) in [6, 6.07) is 13.8. The zero-order chi connectivity index (χ0) is 20.2. The molecule has 1 N–H and O–H groups in total. The van der Waals surface area contributed by atoms with E-state index in [1.165, 1.54) is 5.56 Å². The Morgan fingerprint density at radius 2 is 1.86 bits per heavy atom. The molecule has 0 spiro atoms. The van der Waals surface area contributed by atoms with Gasteiger partial charge in [-0.3, -0.25) is 9.69 Å². The number of anilines is 1. The van der Waals surface area contributed by atoms with Crippen molar-refractivity contribution in [2.75, 3.05) is 44.8 Å². The standard InChI is InChI=1S/C22H26ClN3O3/c1-16(18-4-2-3-5-19(18)23)26-12-10-25(11-13-26)9-8-22(27)24-17-6-7-20-21(14-17)29-15-28-20/h2-7,14,16H,8-13,15H2,1H3,(H,24,27). The third kappa shape index (κ3) is 4.83. The second-order valence-electron chi connectivity index (χ2n) is 7.44. The molecular weight excluding hydrogens is 390 g/mol. The monoisotopic (exact) mass is 415 g/mol. The summed E-state index contributed by atoms with van der Waals surface area (Å²) in [6.45, 7) is 7.03. The third-order valence-electron chi connectivity index (χ3n) is 5.62. The number of piperazine rings is 1. The van der Waals surface area contributed by atoms with Crippen molar-refractivity contribution in [1.29, 1.82) is 0 Å². The predicted molar refractivity (Wildman–Crippen MR) is 114 cm³/mol. The normalized spacial score (nSPS) is 17.9. The molecule has 2 aromatic carbocycles. The van der Waals surface area contributed by atoms with Crippen molar-refractivity contribution in [2.24, 2.45) is 0 Å². The minimum atomic E-state index is 0.00994. The van der Waals surface area contributed by atoms with Crippen LogP contribution in [0, 0.1) is 0 Å². The van der Waals surface area contributed by atoms with Gasteiger partial charge in [-0.1, -0.05) is 29.8 Å². The van der Waals surface area contributed by atoms with E-state index in [0.717, 1.165) is 43.4 Å². The first-order valence-electron chi connectivity index (χ1n) is 10.0. The molecule has 1 fully saturated rings. The summed E-state index contributed by atoms with van der Waals surface area (Å²) in [5.74, 6) is 1.40. The number of fused-ring (bicyclic) bond motifs is 1. The second-order valence-corrected chi connectivity index (χ2v) is 7.85. The molecule has 2 heterocycles. The molecule has 1 saturated heterocycles. The number of halogens is 1. The van der Waals surface area contributed by atoms with Crippen LogP contribution in [0.1, 0.15) is 24.9 Å². The van der Waals surface area contributed by atoms with Crippen molar-refractivity contribution in [3.05, 3.63) is 53.1 Å². The van der Waals surface area contributed by atoms with Crippen molar-refractivity contribution >= 4 is 23.2 Å². The minimum absolute atomic E-state index is 0.00994. The maximum Gasteiger partial charge on any atom is 0.231 e. The average molecular weight is 416 g/mol.